The van der Waals surface area contributed by atoms with E-state index in [1.54, 1.807) is 0 Å². The maximum atomic E-state index is 6.33. The van der Waals surface area contributed by atoms with Crippen molar-refractivity contribution in [2.24, 2.45) is 0 Å². The van der Waals surface area contributed by atoms with Crippen LogP contribution in [-0.2, 0) is 9.31 Å². The molecule has 0 aromatic rings. The van der Waals surface area contributed by atoms with Crippen LogP contribution in [0.3, 0.4) is 0 Å². The van der Waals surface area contributed by atoms with Gasteiger partial charge in [-0.3, -0.25) is 0 Å². The molecule has 18 heavy (non-hydrogen) atoms. The van der Waals surface area contributed by atoms with Crippen molar-refractivity contribution in [3.05, 3.63) is 11.5 Å². The van der Waals surface area contributed by atoms with Crippen LogP contribution in [-0.4, -0.2) is 30.7 Å². The summed E-state index contributed by atoms with van der Waals surface area (Å²) in [7, 11) is -1.50. The van der Waals surface area contributed by atoms with Gasteiger partial charge in [-0.2, -0.15) is 0 Å². The second kappa shape index (κ2) is 4.14. The van der Waals surface area contributed by atoms with Crippen molar-refractivity contribution < 1.29 is 9.31 Å². The number of hydrogen-bond donors (Lipinski definition) is 0. The van der Waals surface area contributed by atoms with Gasteiger partial charge in [0.15, 0.2) is 0 Å². The molecule has 5 heteroatoms. The second-order valence-corrected chi connectivity index (χ2v) is 14.4. The van der Waals surface area contributed by atoms with Crippen LogP contribution in [0.2, 0.25) is 19.6 Å². The molecule has 0 spiro atoms. The fourth-order valence-electron chi connectivity index (χ4n) is 2.46. The van der Waals surface area contributed by atoms with Gasteiger partial charge in [0.25, 0.3) is 0 Å². The first kappa shape index (κ1) is 14.7. The fourth-order valence-corrected chi connectivity index (χ4v) is 6.47. The Balaban J connectivity index is 2.32. The summed E-state index contributed by atoms with van der Waals surface area (Å²) >= 11 is 1.93. The van der Waals surface area contributed by atoms with E-state index >= 15 is 0 Å². The zero-order valence-electron chi connectivity index (χ0n) is 12.7. The van der Waals surface area contributed by atoms with Crippen LogP contribution in [0, 0.1) is 0 Å². The van der Waals surface area contributed by atoms with Crippen molar-refractivity contribution in [1.29, 1.82) is 0 Å². The molecule has 0 aliphatic carbocycles. The maximum absolute atomic E-state index is 6.33. The molecule has 0 N–H and O–H groups in total. The lowest BCUT2D eigenvalue weighted by molar-refractivity contribution is 0.00578. The van der Waals surface area contributed by atoms with Crippen molar-refractivity contribution in [3.63, 3.8) is 0 Å². The number of rotatable bonds is 2. The van der Waals surface area contributed by atoms with Crippen LogP contribution in [0.4, 0.5) is 0 Å². The zero-order valence-corrected chi connectivity index (χ0v) is 14.5. The highest BCUT2D eigenvalue weighted by molar-refractivity contribution is 8.07. The second-order valence-electron chi connectivity index (χ2n) is 7.42. The molecule has 0 radical (unpaired) electrons. The Hall–Kier alpha value is 0.292. The predicted octanol–water partition coefficient (Wildman–Crippen LogP) is 3.88. The summed E-state index contributed by atoms with van der Waals surface area (Å²) in [6, 6.07) is 0. The first-order valence-corrected chi connectivity index (χ1v) is 11.1. The molecule has 2 nitrogen and oxygen atoms in total. The van der Waals surface area contributed by atoms with Crippen LogP contribution in [0.25, 0.3) is 0 Å². The van der Waals surface area contributed by atoms with Crippen LogP contribution in [0.1, 0.15) is 34.1 Å². The smallest absolute Gasteiger partial charge is 0.402 e. The Labute approximate surface area is 117 Å². The van der Waals surface area contributed by atoms with E-state index in [1.165, 1.54) is 0 Å². The van der Waals surface area contributed by atoms with Gasteiger partial charge in [0.2, 0.25) is 0 Å². The fraction of sp³-hybridized carbons (Fsp3) is 0.846. The normalized spacial score (nSPS) is 34.3. The van der Waals surface area contributed by atoms with Crippen molar-refractivity contribution in [1.82, 2.24) is 0 Å². The minimum atomic E-state index is -1.41. The molecule has 0 aromatic carbocycles. The monoisotopic (exact) mass is 284 g/mol. The summed E-state index contributed by atoms with van der Waals surface area (Å²) in [5.74, 6) is 0. The molecule has 1 atom stereocenters. The van der Waals surface area contributed by atoms with E-state index in [-0.39, 0.29) is 22.6 Å². The van der Waals surface area contributed by atoms with E-state index in [2.05, 4.69) is 58.8 Å². The Morgan fingerprint density at radius 1 is 1.06 bits per heavy atom. The summed E-state index contributed by atoms with van der Waals surface area (Å²) in [5, 5.41) is 2.23. The largest absolute Gasteiger partial charge is 0.472 e. The molecule has 1 fully saturated rings. The molecule has 102 valence electrons. The number of thioether (sulfide) groups is 1. The first-order chi connectivity index (χ1) is 8.02. The van der Waals surface area contributed by atoms with Gasteiger partial charge in [0.05, 0.1) is 23.5 Å². The Morgan fingerprint density at radius 2 is 1.56 bits per heavy atom. The van der Waals surface area contributed by atoms with Gasteiger partial charge in [-0.05, 0) is 39.5 Å². The SMILES string of the molecule is CC1(C)OB(C2([Si](C)(C)C)CC=CS2)OC1(C)C. The van der Waals surface area contributed by atoms with Gasteiger partial charge in [-0.1, -0.05) is 25.7 Å². The van der Waals surface area contributed by atoms with E-state index in [1.807, 2.05) is 11.8 Å². The van der Waals surface area contributed by atoms with Gasteiger partial charge < -0.3 is 9.31 Å². The van der Waals surface area contributed by atoms with Gasteiger partial charge in [-0.25, -0.2) is 0 Å². The lowest BCUT2D eigenvalue weighted by atomic mass is 9.81. The van der Waals surface area contributed by atoms with E-state index in [4.69, 9.17) is 9.31 Å². The van der Waals surface area contributed by atoms with Crippen LogP contribution in [0.5, 0.6) is 0 Å². The third-order valence-electron chi connectivity index (χ3n) is 4.70. The third-order valence-corrected chi connectivity index (χ3v) is 11.0. The molecule has 0 saturated carbocycles. The van der Waals surface area contributed by atoms with Gasteiger partial charge >= 0.3 is 7.12 Å². The molecule has 2 aliphatic heterocycles. The number of allylic oxidation sites excluding steroid dienone is 1. The van der Waals surface area contributed by atoms with Gasteiger partial charge in [0.1, 0.15) is 0 Å². The highest BCUT2D eigenvalue weighted by atomic mass is 32.2. The standard InChI is InChI=1S/C13H25BO2SSi/c1-11(2)12(3,4)16-14(15-11)13(18(5,6)7)9-8-10-17-13/h8,10H,9H2,1-7H3. The van der Waals surface area contributed by atoms with Gasteiger partial charge in [0, 0.05) is 0 Å². The molecular weight excluding hydrogens is 259 g/mol. The Kier molecular flexibility index (Phi) is 3.38. The average Bonchev–Trinajstić information content (AvgIpc) is 2.69. The van der Waals surface area contributed by atoms with E-state index in [0.29, 0.717) is 0 Å². The van der Waals surface area contributed by atoms with E-state index < -0.39 is 8.07 Å². The molecule has 1 saturated heterocycles. The highest BCUT2D eigenvalue weighted by Crippen LogP contribution is 2.51. The summed E-state index contributed by atoms with van der Waals surface area (Å²) < 4.78 is 12.8. The summed E-state index contributed by atoms with van der Waals surface area (Å²) in [5.41, 5.74) is -0.457. The van der Waals surface area contributed by atoms with Crippen molar-refractivity contribution >= 4 is 27.0 Å². The van der Waals surface area contributed by atoms with Gasteiger partial charge in [-0.15, -0.1) is 11.8 Å². The highest BCUT2D eigenvalue weighted by Gasteiger charge is 2.64. The molecule has 2 heterocycles. The first-order valence-electron chi connectivity index (χ1n) is 6.70. The van der Waals surface area contributed by atoms with Crippen molar-refractivity contribution in [2.45, 2.75) is 69.2 Å². The van der Waals surface area contributed by atoms with Crippen LogP contribution >= 0.6 is 11.8 Å². The van der Waals surface area contributed by atoms with Crippen LogP contribution < -0.4 is 0 Å². The third kappa shape index (κ3) is 2.03. The topological polar surface area (TPSA) is 18.5 Å². The summed E-state index contributed by atoms with van der Waals surface area (Å²) in [4.78, 5) is 0. The minimum absolute atomic E-state index is 0.0887. The maximum Gasteiger partial charge on any atom is 0.472 e. The lowest BCUT2D eigenvalue weighted by Crippen LogP contribution is -2.60. The molecule has 0 bridgehead atoms. The molecule has 2 rings (SSSR count). The Bertz CT molecular complexity index is 350. The van der Waals surface area contributed by atoms with Crippen LogP contribution in [0.15, 0.2) is 11.5 Å². The molecule has 0 aromatic heterocycles. The molecular formula is C13H25BO2SSi. The van der Waals surface area contributed by atoms with Crippen molar-refractivity contribution in [3.8, 4) is 0 Å². The molecule has 0 amide bonds. The molecule has 1 unspecified atom stereocenters. The Morgan fingerprint density at radius 3 is 1.89 bits per heavy atom. The minimum Gasteiger partial charge on any atom is -0.402 e. The summed E-state index contributed by atoms with van der Waals surface area (Å²) in [6.07, 6.45) is 3.35. The lowest BCUT2D eigenvalue weighted by Gasteiger charge is -2.40. The number of hydrogen-bond acceptors (Lipinski definition) is 3. The summed E-state index contributed by atoms with van der Waals surface area (Å²) in [6.45, 7) is 15.8. The zero-order chi connectivity index (χ0) is 13.8. The van der Waals surface area contributed by atoms with E-state index in [9.17, 15) is 0 Å². The predicted molar refractivity (Wildman–Crippen MR) is 83.5 cm³/mol. The quantitative estimate of drug-likeness (QED) is 0.717. The van der Waals surface area contributed by atoms with E-state index in [0.717, 1.165) is 6.42 Å². The van der Waals surface area contributed by atoms with Crippen molar-refractivity contribution in [2.75, 3.05) is 0 Å². The average molecular weight is 284 g/mol. The molecule has 2 aliphatic rings.